The van der Waals surface area contributed by atoms with Gasteiger partial charge in [0.2, 0.25) is 0 Å². The van der Waals surface area contributed by atoms with Gasteiger partial charge in [-0.1, -0.05) is 0 Å². The van der Waals surface area contributed by atoms with Crippen LogP contribution in [-0.4, -0.2) is 38.2 Å². The fourth-order valence-electron chi connectivity index (χ4n) is 2.32. The fraction of sp³-hybridized carbons (Fsp3) is 0.417. The number of fused-ring (bicyclic) bond motifs is 1. The number of aryl methyl sites for hydroxylation is 1. The van der Waals surface area contributed by atoms with E-state index in [0.29, 0.717) is 42.3 Å². The molecule has 0 atom stereocenters. The van der Waals surface area contributed by atoms with Crippen molar-refractivity contribution in [3.63, 3.8) is 0 Å². The normalized spacial score (nSPS) is 15.0. The Kier molecular flexibility index (Phi) is 3.25. The molecule has 0 aromatic carbocycles. The van der Waals surface area contributed by atoms with Crippen molar-refractivity contribution in [2.75, 3.05) is 13.1 Å². The van der Waals surface area contributed by atoms with Gasteiger partial charge in [-0.25, -0.2) is 9.48 Å². The quantitative estimate of drug-likeness (QED) is 0.763. The van der Waals surface area contributed by atoms with Crippen LogP contribution in [0.3, 0.4) is 0 Å². The van der Waals surface area contributed by atoms with Gasteiger partial charge in [0.1, 0.15) is 5.82 Å². The Labute approximate surface area is 122 Å². The third-order valence-corrected chi connectivity index (χ3v) is 3.78. The first-order valence-corrected chi connectivity index (χ1v) is 7.03. The summed E-state index contributed by atoms with van der Waals surface area (Å²) in [6, 6.07) is 3.32. The number of hydrogen-bond acceptors (Lipinski definition) is 4. The molecule has 20 heavy (non-hydrogen) atoms. The smallest absolute Gasteiger partial charge is 0.345 e. The fourth-order valence-corrected chi connectivity index (χ4v) is 2.63. The predicted octanol–water partition coefficient (Wildman–Crippen LogP) is 0.636. The molecule has 0 bridgehead atoms. The van der Waals surface area contributed by atoms with E-state index in [-0.39, 0.29) is 11.6 Å². The minimum atomic E-state index is -0.168. The van der Waals surface area contributed by atoms with Gasteiger partial charge in [-0.2, -0.15) is 5.10 Å². The van der Waals surface area contributed by atoms with Crippen LogP contribution in [0, 0.1) is 0 Å². The molecule has 0 unspecified atom stereocenters. The van der Waals surface area contributed by atoms with E-state index in [4.69, 9.17) is 4.42 Å². The van der Waals surface area contributed by atoms with Crippen LogP contribution in [0.25, 0.3) is 0 Å². The van der Waals surface area contributed by atoms with E-state index in [1.165, 1.54) is 4.68 Å². The van der Waals surface area contributed by atoms with E-state index >= 15 is 0 Å². The zero-order chi connectivity index (χ0) is 14.3. The van der Waals surface area contributed by atoms with Gasteiger partial charge in [-0.3, -0.25) is 9.36 Å². The molecule has 1 amide bonds. The largest absolute Gasteiger partial charge is 0.444 e. The molecule has 0 N–H and O–H groups in total. The van der Waals surface area contributed by atoms with Crippen molar-refractivity contribution < 1.29 is 9.21 Å². The van der Waals surface area contributed by atoms with Crippen LogP contribution < -0.4 is 5.69 Å². The maximum atomic E-state index is 12.3. The maximum absolute atomic E-state index is 12.3. The van der Waals surface area contributed by atoms with Crippen molar-refractivity contribution in [3.05, 3.63) is 38.9 Å². The highest BCUT2D eigenvalue weighted by Crippen LogP contribution is 2.16. The minimum Gasteiger partial charge on any atom is -0.444 e. The second-order valence-electron chi connectivity index (χ2n) is 4.62. The highest BCUT2D eigenvalue weighted by atomic mass is 79.9. The molecule has 8 heteroatoms. The lowest BCUT2D eigenvalue weighted by Crippen LogP contribution is -2.34. The van der Waals surface area contributed by atoms with E-state index in [9.17, 15) is 9.59 Å². The van der Waals surface area contributed by atoms with Crippen molar-refractivity contribution in [3.8, 4) is 0 Å². The zero-order valence-corrected chi connectivity index (χ0v) is 12.5. The lowest BCUT2D eigenvalue weighted by molar-refractivity contribution is 0.0725. The molecule has 0 fully saturated rings. The molecule has 7 nitrogen and oxygen atoms in total. The number of aromatic nitrogens is 3. The molecule has 1 aliphatic rings. The summed E-state index contributed by atoms with van der Waals surface area (Å²) in [7, 11) is 1.63. The highest BCUT2D eigenvalue weighted by molar-refractivity contribution is 9.10. The lowest BCUT2D eigenvalue weighted by atomic mass is 10.3. The van der Waals surface area contributed by atoms with Crippen LogP contribution in [0.4, 0.5) is 0 Å². The van der Waals surface area contributed by atoms with Crippen LogP contribution in [0.1, 0.15) is 16.4 Å². The first-order chi connectivity index (χ1) is 9.56. The van der Waals surface area contributed by atoms with E-state index in [1.807, 2.05) is 0 Å². The SMILES string of the molecule is Cn1nc2n(c1=O)CCN(C(=O)c1ccc(Br)o1)CC2. The average molecular weight is 341 g/mol. The van der Waals surface area contributed by atoms with Crippen molar-refractivity contribution >= 4 is 21.8 Å². The van der Waals surface area contributed by atoms with Gasteiger partial charge in [0.15, 0.2) is 10.4 Å². The second kappa shape index (κ2) is 4.93. The highest BCUT2D eigenvalue weighted by Gasteiger charge is 2.24. The monoisotopic (exact) mass is 340 g/mol. The Balaban J connectivity index is 1.80. The molecular formula is C12H13BrN4O3. The molecule has 3 rings (SSSR count). The summed E-state index contributed by atoms with van der Waals surface area (Å²) < 4.78 is 8.75. The third kappa shape index (κ3) is 2.20. The third-order valence-electron chi connectivity index (χ3n) is 3.35. The van der Waals surface area contributed by atoms with Gasteiger partial charge < -0.3 is 9.32 Å². The summed E-state index contributed by atoms with van der Waals surface area (Å²) in [5.74, 6) is 0.844. The summed E-state index contributed by atoms with van der Waals surface area (Å²) >= 11 is 3.18. The molecule has 0 aliphatic carbocycles. The second-order valence-corrected chi connectivity index (χ2v) is 5.40. The molecule has 106 valence electrons. The summed E-state index contributed by atoms with van der Waals surface area (Å²) in [5, 5.41) is 4.18. The Morgan fingerprint density at radius 1 is 1.35 bits per heavy atom. The number of carbonyl (C=O) groups excluding carboxylic acids is 1. The standard InChI is InChI=1S/C12H13BrN4O3/c1-15-12(19)17-7-6-16(5-4-10(17)14-15)11(18)8-2-3-9(13)20-8/h2-3H,4-7H2,1H3. The van der Waals surface area contributed by atoms with Gasteiger partial charge >= 0.3 is 5.69 Å². The molecule has 0 radical (unpaired) electrons. The van der Waals surface area contributed by atoms with E-state index in [1.54, 1.807) is 28.6 Å². The van der Waals surface area contributed by atoms with Gasteiger partial charge in [-0.05, 0) is 28.1 Å². The number of rotatable bonds is 1. The number of halogens is 1. The Hall–Kier alpha value is -1.83. The van der Waals surface area contributed by atoms with Crippen molar-refractivity contribution in [1.82, 2.24) is 19.2 Å². The summed E-state index contributed by atoms with van der Waals surface area (Å²) in [6.07, 6.45) is 0.559. The summed E-state index contributed by atoms with van der Waals surface area (Å²) in [6.45, 7) is 1.44. The van der Waals surface area contributed by atoms with E-state index in [0.717, 1.165) is 0 Å². The van der Waals surface area contributed by atoms with Crippen LogP contribution in [-0.2, 0) is 20.0 Å². The number of amides is 1. The van der Waals surface area contributed by atoms with Gasteiger partial charge in [0.25, 0.3) is 5.91 Å². The zero-order valence-electron chi connectivity index (χ0n) is 10.9. The number of nitrogens with zero attached hydrogens (tertiary/aromatic N) is 4. The van der Waals surface area contributed by atoms with Crippen LogP contribution >= 0.6 is 15.9 Å². The van der Waals surface area contributed by atoms with Crippen LogP contribution in [0.5, 0.6) is 0 Å². The molecule has 0 saturated heterocycles. The molecule has 0 saturated carbocycles. The van der Waals surface area contributed by atoms with E-state index < -0.39 is 0 Å². The topological polar surface area (TPSA) is 73.3 Å². The number of hydrogen-bond donors (Lipinski definition) is 0. The predicted molar refractivity (Wildman–Crippen MR) is 73.5 cm³/mol. The molecule has 2 aromatic heterocycles. The van der Waals surface area contributed by atoms with Crippen molar-refractivity contribution in [1.29, 1.82) is 0 Å². The van der Waals surface area contributed by atoms with Gasteiger partial charge in [-0.15, -0.1) is 0 Å². The van der Waals surface area contributed by atoms with Gasteiger partial charge in [0.05, 0.1) is 0 Å². The summed E-state index contributed by atoms with van der Waals surface area (Å²) in [4.78, 5) is 25.8. The van der Waals surface area contributed by atoms with Gasteiger partial charge in [0, 0.05) is 33.1 Å². The van der Waals surface area contributed by atoms with Crippen molar-refractivity contribution in [2.24, 2.45) is 7.05 Å². The van der Waals surface area contributed by atoms with E-state index in [2.05, 4.69) is 21.0 Å². The van der Waals surface area contributed by atoms with Crippen molar-refractivity contribution in [2.45, 2.75) is 13.0 Å². The van der Waals surface area contributed by atoms with Crippen LogP contribution in [0.15, 0.2) is 26.0 Å². The average Bonchev–Trinajstić information content (AvgIpc) is 2.88. The summed E-state index contributed by atoms with van der Waals surface area (Å²) in [5.41, 5.74) is -0.143. The Bertz CT molecular complexity index is 715. The lowest BCUT2D eigenvalue weighted by Gasteiger charge is -2.18. The molecule has 1 aliphatic heterocycles. The minimum absolute atomic E-state index is 0.143. The first kappa shape index (κ1) is 13.2. The maximum Gasteiger partial charge on any atom is 0.345 e. The molecular weight excluding hydrogens is 328 g/mol. The number of furan rings is 1. The molecule has 3 heterocycles. The Morgan fingerprint density at radius 2 is 2.15 bits per heavy atom. The first-order valence-electron chi connectivity index (χ1n) is 6.23. The number of carbonyl (C=O) groups is 1. The molecule has 0 spiro atoms. The molecule has 2 aromatic rings. The van der Waals surface area contributed by atoms with Crippen LogP contribution in [0.2, 0.25) is 0 Å². The Morgan fingerprint density at radius 3 is 2.85 bits per heavy atom.